The number of hydrogen-bond acceptors (Lipinski definition) is 4. The van der Waals surface area contributed by atoms with Gasteiger partial charge in [0, 0.05) is 25.2 Å². The molecule has 1 aromatic heterocycles. The topological polar surface area (TPSA) is 34.6 Å². The van der Waals surface area contributed by atoms with Gasteiger partial charge in [0.2, 0.25) is 5.88 Å². The summed E-state index contributed by atoms with van der Waals surface area (Å²) < 4.78 is 23.8. The van der Waals surface area contributed by atoms with Crippen molar-refractivity contribution in [3.8, 4) is 11.8 Å². The van der Waals surface area contributed by atoms with Crippen LogP contribution in [0.2, 0.25) is 0 Å². The highest BCUT2D eigenvalue weighted by Crippen LogP contribution is 2.22. The van der Waals surface area contributed by atoms with Crippen molar-refractivity contribution in [1.29, 1.82) is 0 Å². The molecule has 18 heavy (non-hydrogen) atoms. The van der Waals surface area contributed by atoms with Crippen molar-refractivity contribution in [2.45, 2.75) is 32.4 Å². The number of nitrogens with zero attached hydrogens (tertiary/aromatic N) is 2. The van der Waals surface area contributed by atoms with Gasteiger partial charge in [-0.05, 0) is 26.3 Å². The highest BCUT2D eigenvalue weighted by atomic mass is 19.1. The highest BCUT2D eigenvalue weighted by molar-refractivity contribution is 5.22. The molecule has 0 bridgehead atoms. The molecule has 0 aliphatic carbocycles. The second kappa shape index (κ2) is 5.52. The molecule has 1 atom stereocenters. The van der Waals surface area contributed by atoms with E-state index in [2.05, 4.69) is 23.7 Å². The van der Waals surface area contributed by atoms with Crippen molar-refractivity contribution in [3.63, 3.8) is 0 Å². The summed E-state index contributed by atoms with van der Waals surface area (Å²) in [4.78, 5) is 6.34. The quantitative estimate of drug-likeness (QED) is 0.824. The molecule has 1 unspecified atom stereocenters. The van der Waals surface area contributed by atoms with Crippen LogP contribution in [0.3, 0.4) is 0 Å². The fraction of sp³-hybridized carbons (Fsp3) is 0.615. The first-order chi connectivity index (χ1) is 8.60. The van der Waals surface area contributed by atoms with E-state index in [0.29, 0.717) is 11.9 Å². The predicted octanol–water partition coefficient (Wildman–Crippen LogP) is 2.09. The maximum absolute atomic E-state index is 13.2. The summed E-state index contributed by atoms with van der Waals surface area (Å²) in [7, 11) is 1.39. The Morgan fingerprint density at radius 3 is 2.83 bits per heavy atom. The summed E-state index contributed by atoms with van der Waals surface area (Å²) in [6.07, 6.45) is 1.09. The molecule has 1 aromatic rings. The fourth-order valence-corrected chi connectivity index (χ4v) is 2.11. The van der Waals surface area contributed by atoms with Gasteiger partial charge in [-0.15, -0.1) is 0 Å². The van der Waals surface area contributed by atoms with Crippen molar-refractivity contribution in [2.75, 3.05) is 20.2 Å². The maximum Gasteiger partial charge on any atom is 0.253 e. The molecule has 4 nitrogen and oxygen atoms in total. The molecule has 0 radical (unpaired) electrons. The summed E-state index contributed by atoms with van der Waals surface area (Å²) in [5, 5.41) is 0. The van der Waals surface area contributed by atoms with Crippen molar-refractivity contribution >= 4 is 0 Å². The predicted molar refractivity (Wildman–Crippen MR) is 66.5 cm³/mol. The lowest BCUT2D eigenvalue weighted by molar-refractivity contribution is 0.179. The van der Waals surface area contributed by atoms with Crippen LogP contribution >= 0.6 is 0 Å². The summed E-state index contributed by atoms with van der Waals surface area (Å²) in [5.74, 6) is -0.0739. The average molecular weight is 254 g/mol. The molecule has 0 saturated carbocycles. The minimum atomic E-state index is -0.472. The Morgan fingerprint density at radius 1 is 1.44 bits per heavy atom. The van der Waals surface area contributed by atoms with Gasteiger partial charge in [-0.3, -0.25) is 4.90 Å². The van der Waals surface area contributed by atoms with Gasteiger partial charge in [-0.25, -0.2) is 4.39 Å². The van der Waals surface area contributed by atoms with E-state index < -0.39 is 5.82 Å². The van der Waals surface area contributed by atoms with E-state index in [1.165, 1.54) is 19.2 Å². The molecule has 0 spiro atoms. The van der Waals surface area contributed by atoms with E-state index in [4.69, 9.17) is 9.47 Å². The van der Waals surface area contributed by atoms with Gasteiger partial charge < -0.3 is 9.47 Å². The Kier molecular flexibility index (Phi) is 4.01. The maximum atomic E-state index is 13.2. The summed E-state index contributed by atoms with van der Waals surface area (Å²) in [5.41, 5.74) is 0. The monoisotopic (exact) mass is 254 g/mol. The molecule has 2 heterocycles. The van der Waals surface area contributed by atoms with Gasteiger partial charge in [0.25, 0.3) is 5.88 Å². The Balaban J connectivity index is 1.98. The lowest BCUT2D eigenvalue weighted by atomic mass is 10.3. The first kappa shape index (κ1) is 13.1. The third-order valence-corrected chi connectivity index (χ3v) is 3.18. The Bertz CT molecular complexity index is 412. The average Bonchev–Trinajstić information content (AvgIpc) is 2.80. The zero-order valence-corrected chi connectivity index (χ0v) is 11.0. The van der Waals surface area contributed by atoms with E-state index >= 15 is 0 Å². The second-order valence-corrected chi connectivity index (χ2v) is 4.76. The third-order valence-electron chi connectivity index (χ3n) is 3.18. The number of hydrogen-bond donors (Lipinski definition) is 0. The smallest absolute Gasteiger partial charge is 0.253 e. The minimum absolute atomic E-state index is 0.0220. The van der Waals surface area contributed by atoms with Crippen LogP contribution in [0.15, 0.2) is 12.1 Å². The summed E-state index contributed by atoms with van der Waals surface area (Å²) >= 11 is 0. The number of ether oxygens (including phenoxy) is 2. The van der Waals surface area contributed by atoms with E-state index in [-0.39, 0.29) is 12.0 Å². The van der Waals surface area contributed by atoms with Gasteiger partial charge in [0.05, 0.1) is 7.11 Å². The van der Waals surface area contributed by atoms with Crippen molar-refractivity contribution < 1.29 is 13.9 Å². The van der Waals surface area contributed by atoms with Gasteiger partial charge in [-0.1, -0.05) is 0 Å². The summed E-state index contributed by atoms with van der Waals surface area (Å²) in [6, 6.07) is 3.38. The number of rotatable bonds is 4. The molecule has 1 fully saturated rings. The lowest BCUT2D eigenvalue weighted by Crippen LogP contribution is -2.30. The zero-order chi connectivity index (χ0) is 13.1. The van der Waals surface area contributed by atoms with Gasteiger partial charge in [-0.2, -0.15) is 4.98 Å². The number of halogens is 1. The SMILES string of the molecule is COc1nc(OC2CCN(C(C)C)C2)ccc1F. The van der Waals surface area contributed by atoms with Crippen LogP contribution in [-0.2, 0) is 0 Å². The second-order valence-electron chi connectivity index (χ2n) is 4.76. The van der Waals surface area contributed by atoms with Crippen LogP contribution in [0.4, 0.5) is 4.39 Å². The standard InChI is InChI=1S/C13H19FN2O2/c1-9(2)16-7-6-10(8-16)18-12-5-4-11(14)13(15-12)17-3/h4-5,9-10H,6-8H2,1-3H3. The number of likely N-dealkylation sites (tertiary alicyclic amines) is 1. The van der Waals surface area contributed by atoms with Crippen LogP contribution < -0.4 is 9.47 Å². The first-order valence-electron chi connectivity index (χ1n) is 6.21. The van der Waals surface area contributed by atoms with Gasteiger partial charge >= 0.3 is 0 Å². The molecule has 1 saturated heterocycles. The fourth-order valence-electron chi connectivity index (χ4n) is 2.11. The van der Waals surface area contributed by atoms with E-state index in [1.807, 2.05) is 0 Å². The largest absolute Gasteiger partial charge is 0.479 e. The Labute approximate surface area is 107 Å². The van der Waals surface area contributed by atoms with Crippen LogP contribution in [0.1, 0.15) is 20.3 Å². The zero-order valence-electron chi connectivity index (χ0n) is 11.0. The molecule has 0 N–H and O–H groups in total. The molecule has 0 amide bonds. The molecule has 100 valence electrons. The third kappa shape index (κ3) is 2.90. The van der Waals surface area contributed by atoms with Gasteiger partial charge in [0.15, 0.2) is 5.82 Å². The van der Waals surface area contributed by atoms with E-state index in [1.54, 1.807) is 0 Å². The molecule has 5 heteroatoms. The van der Waals surface area contributed by atoms with E-state index in [9.17, 15) is 4.39 Å². The minimum Gasteiger partial charge on any atom is -0.479 e. The Hall–Kier alpha value is -1.36. The van der Waals surface area contributed by atoms with E-state index in [0.717, 1.165) is 19.5 Å². The normalized spacial score (nSPS) is 20.4. The van der Waals surface area contributed by atoms with Crippen LogP contribution in [0.25, 0.3) is 0 Å². The summed E-state index contributed by atoms with van der Waals surface area (Å²) in [6.45, 7) is 6.25. The molecule has 2 rings (SSSR count). The lowest BCUT2D eigenvalue weighted by Gasteiger charge is -2.20. The molecule has 1 aliphatic rings. The van der Waals surface area contributed by atoms with Crippen molar-refractivity contribution in [2.24, 2.45) is 0 Å². The van der Waals surface area contributed by atoms with Gasteiger partial charge in [0.1, 0.15) is 6.10 Å². The highest BCUT2D eigenvalue weighted by Gasteiger charge is 2.26. The molecular formula is C13H19FN2O2. The molecule has 0 aromatic carbocycles. The molecular weight excluding hydrogens is 235 g/mol. The first-order valence-corrected chi connectivity index (χ1v) is 6.21. The Morgan fingerprint density at radius 2 is 2.22 bits per heavy atom. The van der Waals surface area contributed by atoms with Crippen molar-refractivity contribution in [3.05, 3.63) is 17.9 Å². The number of pyridine rings is 1. The van der Waals surface area contributed by atoms with Crippen LogP contribution in [0, 0.1) is 5.82 Å². The number of aromatic nitrogens is 1. The van der Waals surface area contributed by atoms with Crippen molar-refractivity contribution in [1.82, 2.24) is 9.88 Å². The van der Waals surface area contributed by atoms with Crippen LogP contribution in [0.5, 0.6) is 11.8 Å². The number of methoxy groups -OCH3 is 1. The molecule has 1 aliphatic heterocycles. The van der Waals surface area contributed by atoms with Crippen LogP contribution in [-0.4, -0.2) is 42.2 Å².